The second-order valence-electron chi connectivity index (χ2n) is 15.8. The van der Waals surface area contributed by atoms with Crippen LogP contribution in [0.5, 0.6) is 0 Å². The van der Waals surface area contributed by atoms with Crippen molar-refractivity contribution in [3.05, 3.63) is 230 Å². The van der Waals surface area contributed by atoms with Gasteiger partial charge in [-0.25, -0.2) is 0 Å². The van der Waals surface area contributed by atoms with Crippen LogP contribution in [0.1, 0.15) is 11.1 Å². The standard InChI is InChI=1S/C58H42N2S/c1-39-29-33-43(34-30-39)59(51-27-15-13-21-45(51)41-17-5-3-6-18-41)53-37-55-57(49-25-11-9-23-47(49)53)58-50-26-12-10-24-48(50)54(38-56(58)61-55)60(44-35-31-40(2)32-36-44)52-28-16-14-22-46(52)42-19-7-4-8-20-42/h3-38H,1-2H3. The topological polar surface area (TPSA) is 6.48 Å². The van der Waals surface area contributed by atoms with Crippen LogP contribution in [0.15, 0.2) is 218 Å². The Morgan fingerprint density at radius 1 is 0.311 bits per heavy atom. The first kappa shape index (κ1) is 36.6. The van der Waals surface area contributed by atoms with E-state index in [1.54, 1.807) is 0 Å². The zero-order chi connectivity index (χ0) is 40.9. The van der Waals surface area contributed by atoms with E-state index in [0.29, 0.717) is 0 Å². The maximum Gasteiger partial charge on any atom is 0.0554 e. The Kier molecular flexibility index (Phi) is 9.18. The maximum absolute atomic E-state index is 2.47. The van der Waals surface area contributed by atoms with Crippen LogP contribution in [-0.2, 0) is 0 Å². The first-order valence-electron chi connectivity index (χ1n) is 20.9. The Morgan fingerprint density at radius 3 is 1.07 bits per heavy atom. The molecule has 2 nitrogen and oxygen atoms in total. The van der Waals surface area contributed by atoms with Crippen LogP contribution in [0, 0.1) is 13.8 Å². The van der Waals surface area contributed by atoms with Crippen molar-refractivity contribution < 1.29 is 0 Å². The Morgan fingerprint density at radius 2 is 0.656 bits per heavy atom. The first-order valence-corrected chi connectivity index (χ1v) is 21.7. The average molecular weight is 799 g/mol. The van der Waals surface area contributed by atoms with Gasteiger partial charge in [0.2, 0.25) is 0 Å². The molecule has 290 valence electrons. The van der Waals surface area contributed by atoms with E-state index in [9.17, 15) is 0 Å². The summed E-state index contributed by atoms with van der Waals surface area (Å²) in [7, 11) is 0. The molecule has 0 N–H and O–H groups in total. The van der Waals surface area contributed by atoms with Crippen LogP contribution in [0.25, 0.3) is 64.0 Å². The number of aryl methyl sites for hydroxylation is 2. The van der Waals surface area contributed by atoms with Crippen LogP contribution in [0.2, 0.25) is 0 Å². The molecule has 0 bridgehead atoms. The molecular weight excluding hydrogens is 757 g/mol. The fraction of sp³-hybridized carbons (Fsp3) is 0.0345. The first-order chi connectivity index (χ1) is 30.1. The van der Waals surface area contributed by atoms with Gasteiger partial charge in [0.1, 0.15) is 0 Å². The molecule has 0 fully saturated rings. The third kappa shape index (κ3) is 6.42. The fourth-order valence-electron chi connectivity index (χ4n) is 9.09. The number of hydrogen-bond donors (Lipinski definition) is 0. The maximum atomic E-state index is 2.47. The Bertz CT molecular complexity index is 3140. The van der Waals surface area contributed by atoms with E-state index >= 15 is 0 Å². The number of thiophene rings is 1. The summed E-state index contributed by atoms with van der Waals surface area (Å²) in [5.74, 6) is 0. The van der Waals surface area contributed by atoms with Crippen molar-refractivity contribution in [1.82, 2.24) is 0 Å². The van der Waals surface area contributed by atoms with Crippen LogP contribution < -0.4 is 9.80 Å². The van der Waals surface area contributed by atoms with Gasteiger partial charge < -0.3 is 9.80 Å². The van der Waals surface area contributed by atoms with Gasteiger partial charge in [-0.1, -0.05) is 181 Å². The highest BCUT2D eigenvalue weighted by Gasteiger charge is 2.25. The van der Waals surface area contributed by atoms with Crippen LogP contribution in [0.4, 0.5) is 34.1 Å². The predicted octanol–water partition coefficient (Wildman–Crippen LogP) is 17.3. The number of hydrogen-bond acceptors (Lipinski definition) is 3. The number of nitrogens with zero attached hydrogens (tertiary/aromatic N) is 2. The molecule has 0 amide bonds. The highest BCUT2D eigenvalue weighted by Crippen LogP contribution is 2.52. The van der Waals surface area contributed by atoms with E-state index in [-0.39, 0.29) is 0 Å². The lowest BCUT2D eigenvalue weighted by molar-refractivity contribution is 1.29. The number of para-hydroxylation sites is 2. The molecular formula is C58H42N2S. The molecule has 61 heavy (non-hydrogen) atoms. The van der Waals surface area contributed by atoms with Crippen LogP contribution in [0.3, 0.4) is 0 Å². The molecule has 0 aliphatic rings. The van der Waals surface area contributed by atoms with E-state index in [4.69, 9.17) is 0 Å². The summed E-state index contributed by atoms with van der Waals surface area (Å²) >= 11 is 1.89. The van der Waals surface area contributed by atoms with Crippen molar-refractivity contribution >= 4 is 87.2 Å². The molecule has 0 spiro atoms. The highest BCUT2D eigenvalue weighted by atomic mass is 32.1. The van der Waals surface area contributed by atoms with Gasteiger partial charge in [0, 0.05) is 53.4 Å². The summed E-state index contributed by atoms with van der Waals surface area (Å²) in [5, 5.41) is 7.52. The number of fused-ring (bicyclic) bond motifs is 7. The predicted molar refractivity (Wildman–Crippen MR) is 264 cm³/mol. The van der Waals surface area contributed by atoms with Gasteiger partial charge in [0.25, 0.3) is 0 Å². The molecule has 0 aliphatic carbocycles. The van der Waals surface area contributed by atoms with E-state index in [0.717, 1.165) is 34.1 Å². The third-order valence-corrected chi connectivity index (χ3v) is 13.1. The van der Waals surface area contributed by atoms with Crippen molar-refractivity contribution in [3.63, 3.8) is 0 Å². The summed E-state index contributed by atoms with van der Waals surface area (Å²) in [4.78, 5) is 4.94. The van der Waals surface area contributed by atoms with E-state index < -0.39 is 0 Å². The second-order valence-corrected chi connectivity index (χ2v) is 16.9. The molecule has 0 radical (unpaired) electrons. The molecule has 1 aromatic heterocycles. The van der Waals surface area contributed by atoms with Crippen molar-refractivity contribution in [1.29, 1.82) is 0 Å². The lowest BCUT2D eigenvalue weighted by atomic mass is 9.95. The molecule has 0 unspecified atom stereocenters. The van der Waals surface area contributed by atoms with Gasteiger partial charge >= 0.3 is 0 Å². The van der Waals surface area contributed by atoms with Gasteiger partial charge in [-0.3, -0.25) is 0 Å². The molecule has 11 aromatic rings. The Labute approximate surface area is 360 Å². The Balaban J connectivity index is 1.21. The van der Waals surface area contributed by atoms with Crippen LogP contribution >= 0.6 is 11.3 Å². The van der Waals surface area contributed by atoms with Gasteiger partial charge in [-0.2, -0.15) is 0 Å². The minimum Gasteiger partial charge on any atom is -0.309 e. The van der Waals surface area contributed by atoms with Gasteiger partial charge in [0.15, 0.2) is 0 Å². The third-order valence-electron chi connectivity index (χ3n) is 12.0. The zero-order valence-electron chi connectivity index (χ0n) is 34.1. The zero-order valence-corrected chi connectivity index (χ0v) is 34.9. The molecule has 10 aromatic carbocycles. The summed E-state index contributed by atoms with van der Waals surface area (Å²) < 4.78 is 2.51. The fourth-order valence-corrected chi connectivity index (χ4v) is 10.3. The Hall–Kier alpha value is -7.46. The largest absolute Gasteiger partial charge is 0.309 e. The highest BCUT2D eigenvalue weighted by molar-refractivity contribution is 7.26. The van der Waals surface area contributed by atoms with Gasteiger partial charge in [0.05, 0.1) is 22.7 Å². The van der Waals surface area contributed by atoms with Gasteiger partial charge in [-0.05, 0) is 84.3 Å². The lowest BCUT2D eigenvalue weighted by Gasteiger charge is -2.29. The van der Waals surface area contributed by atoms with E-state index in [2.05, 4.69) is 242 Å². The van der Waals surface area contributed by atoms with Crippen LogP contribution in [-0.4, -0.2) is 0 Å². The quantitative estimate of drug-likeness (QED) is 0.151. The molecule has 0 saturated heterocycles. The number of rotatable bonds is 8. The van der Waals surface area contributed by atoms with Gasteiger partial charge in [-0.15, -0.1) is 11.3 Å². The summed E-state index contributed by atoms with van der Waals surface area (Å²) in [5.41, 5.74) is 14.1. The molecule has 0 atom stereocenters. The minimum absolute atomic E-state index is 1.12. The van der Waals surface area contributed by atoms with E-state index in [1.165, 1.54) is 75.1 Å². The SMILES string of the molecule is Cc1ccc(N(c2ccccc2-c2ccccc2)c2cc3sc4cc(N(c5ccc(C)cc5)c5ccccc5-c5ccccc5)c5ccccc5c4c3c3ccccc23)cc1. The van der Waals surface area contributed by atoms with Crippen molar-refractivity contribution in [2.45, 2.75) is 13.8 Å². The minimum atomic E-state index is 1.12. The summed E-state index contributed by atoms with van der Waals surface area (Å²) in [6.07, 6.45) is 0. The lowest BCUT2D eigenvalue weighted by Crippen LogP contribution is -2.12. The molecule has 0 aliphatic heterocycles. The van der Waals surface area contributed by atoms with Crippen molar-refractivity contribution in [3.8, 4) is 22.3 Å². The normalized spacial score (nSPS) is 11.4. The van der Waals surface area contributed by atoms with Crippen molar-refractivity contribution in [2.75, 3.05) is 9.80 Å². The molecule has 3 heteroatoms. The summed E-state index contributed by atoms with van der Waals surface area (Å²) in [6, 6.07) is 79.9. The smallest absolute Gasteiger partial charge is 0.0554 e. The molecule has 11 rings (SSSR count). The molecule has 0 saturated carbocycles. The summed E-state index contributed by atoms with van der Waals surface area (Å²) in [6.45, 7) is 4.31. The number of anilines is 6. The van der Waals surface area contributed by atoms with E-state index in [1.807, 2.05) is 11.3 Å². The second kappa shape index (κ2) is 15.3. The van der Waals surface area contributed by atoms with Crippen molar-refractivity contribution in [2.24, 2.45) is 0 Å². The average Bonchev–Trinajstić information content (AvgIpc) is 3.70. The molecule has 1 heterocycles. The monoisotopic (exact) mass is 798 g/mol. The number of benzene rings is 10.